The van der Waals surface area contributed by atoms with Crippen molar-refractivity contribution >= 4 is 17.8 Å². The number of ether oxygens (including phenoxy) is 2. The zero-order valence-electron chi connectivity index (χ0n) is 26.5. The Morgan fingerprint density at radius 2 is 2.04 bits per heavy atom. The molecule has 0 bridgehead atoms. The van der Waals surface area contributed by atoms with Crippen LogP contribution in [0.5, 0.6) is 6.01 Å². The van der Waals surface area contributed by atoms with Crippen LogP contribution in [0.3, 0.4) is 0 Å². The SMILES string of the molecule is C=C1CN2CCC[C@]2(COc2nc3c(c(N4CCCn5nc(C=O)cc5C4)n2)CO[C@H](c2c(F)c(N)cc(C#CC)c2C(F)(F)F)C3)C1. The first kappa shape index (κ1) is 32.1. The lowest BCUT2D eigenvalue weighted by Gasteiger charge is -2.33. The van der Waals surface area contributed by atoms with E-state index in [2.05, 4.69) is 28.4 Å². The number of halogens is 4. The Kier molecular flexibility index (Phi) is 8.15. The molecule has 1 aromatic carbocycles. The summed E-state index contributed by atoms with van der Waals surface area (Å²) in [5.74, 6) is 4.21. The number of anilines is 2. The second kappa shape index (κ2) is 12.2. The summed E-state index contributed by atoms with van der Waals surface area (Å²) in [7, 11) is 0. The standard InChI is InChI=1S/C34H35F4N7O3/c1-3-6-21-11-25(39)30(35)28(29(21)34(36,37)38)27-13-26-24(18-47-27)31(43-8-5-10-45-23(16-43)12-22(17-46)42-45)41-32(40-26)48-19-33-7-4-9-44(33)15-20(2)14-33/h11-12,17,27H,2,4-5,7-10,13-16,18-19,39H2,1H3/t27-,33+/m0/s1. The van der Waals surface area contributed by atoms with Gasteiger partial charge in [-0.2, -0.15) is 28.2 Å². The van der Waals surface area contributed by atoms with Crippen molar-refractivity contribution in [1.82, 2.24) is 24.6 Å². The average molecular weight is 666 g/mol. The molecule has 2 saturated heterocycles. The third kappa shape index (κ3) is 5.68. The van der Waals surface area contributed by atoms with Crippen molar-refractivity contribution in [2.45, 2.75) is 76.5 Å². The lowest BCUT2D eigenvalue weighted by molar-refractivity contribution is -0.140. The van der Waals surface area contributed by atoms with Gasteiger partial charge < -0.3 is 20.1 Å². The molecular formula is C34H35F4N7O3. The lowest BCUT2D eigenvalue weighted by Crippen LogP contribution is -2.43. The molecule has 0 aliphatic carbocycles. The van der Waals surface area contributed by atoms with Crippen LogP contribution in [0.2, 0.25) is 0 Å². The molecular weight excluding hydrogens is 630 g/mol. The molecule has 0 saturated carbocycles. The Bertz CT molecular complexity index is 1860. The highest BCUT2D eigenvalue weighted by molar-refractivity contribution is 5.71. The van der Waals surface area contributed by atoms with Crippen LogP contribution in [0, 0.1) is 17.7 Å². The maximum absolute atomic E-state index is 15.6. The average Bonchev–Trinajstić information content (AvgIpc) is 3.67. The van der Waals surface area contributed by atoms with Crippen molar-refractivity contribution in [3.63, 3.8) is 0 Å². The number of carbonyl (C=O) groups is 1. The number of aryl methyl sites for hydroxylation is 1. The molecule has 0 spiro atoms. The molecule has 0 radical (unpaired) electrons. The first-order valence-corrected chi connectivity index (χ1v) is 15.9. The molecule has 14 heteroatoms. The summed E-state index contributed by atoms with van der Waals surface area (Å²) >= 11 is 0. The molecule has 2 atom stereocenters. The molecule has 0 amide bonds. The molecule has 4 aliphatic rings. The maximum Gasteiger partial charge on any atom is 0.418 e. The number of nitrogen functional groups attached to an aromatic ring is 1. The van der Waals surface area contributed by atoms with Crippen LogP contribution in [0.15, 0.2) is 24.3 Å². The van der Waals surface area contributed by atoms with E-state index in [1.165, 1.54) is 6.92 Å². The number of nitrogens with zero attached hydrogens (tertiary/aromatic N) is 6. The lowest BCUT2D eigenvalue weighted by atomic mass is 9.91. The molecule has 7 rings (SSSR count). The highest BCUT2D eigenvalue weighted by Crippen LogP contribution is 2.45. The van der Waals surface area contributed by atoms with Crippen molar-refractivity contribution in [3.05, 3.63) is 69.4 Å². The van der Waals surface area contributed by atoms with E-state index in [0.29, 0.717) is 61.7 Å². The molecule has 2 aromatic heterocycles. The quantitative estimate of drug-likeness (QED) is 0.128. The van der Waals surface area contributed by atoms with E-state index in [4.69, 9.17) is 25.2 Å². The maximum atomic E-state index is 15.6. The Morgan fingerprint density at radius 3 is 2.81 bits per heavy atom. The fraction of sp³-hybridized carbons (Fsp3) is 0.471. The minimum absolute atomic E-state index is 0.0797. The van der Waals surface area contributed by atoms with Crippen LogP contribution in [0.4, 0.5) is 29.1 Å². The number of nitrogens with two attached hydrogens (primary N) is 1. The first-order chi connectivity index (χ1) is 23.0. The fourth-order valence-corrected chi connectivity index (χ4v) is 7.65. The number of benzene rings is 1. The van der Waals surface area contributed by atoms with Gasteiger partial charge in [0.05, 0.1) is 47.4 Å². The summed E-state index contributed by atoms with van der Waals surface area (Å²) in [5.41, 5.74) is 6.11. The molecule has 2 N–H and O–H groups in total. The molecule has 10 nitrogen and oxygen atoms in total. The highest BCUT2D eigenvalue weighted by Gasteiger charge is 2.47. The molecule has 3 aromatic rings. The molecule has 0 unspecified atom stereocenters. The minimum Gasteiger partial charge on any atom is -0.461 e. The number of aromatic nitrogens is 4. The largest absolute Gasteiger partial charge is 0.461 e. The molecule has 48 heavy (non-hydrogen) atoms. The van der Waals surface area contributed by atoms with Gasteiger partial charge in [-0.25, -0.2) is 4.39 Å². The van der Waals surface area contributed by atoms with Gasteiger partial charge in [0.15, 0.2) is 12.1 Å². The van der Waals surface area contributed by atoms with Gasteiger partial charge in [0, 0.05) is 42.7 Å². The van der Waals surface area contributed by atoms with Crippen molar-refractivity contribution in [1.29, 1.82) is 0 Å². The van der Waals surface area contributed by atoms with Crippen molar-refractivity contribution < 1.29 is 31.8 Å². The van der Waals surface area contributed by atoms with Gasteiger partial charge in [0.2, 0.25) is 0 Å². The second-order valence-corrected chi connectivity index (χ2v) is 12.9. The monoisotopic (exact) mass is 665 g/mol. The Labute approximate surface area is 274 Å². The van der Waals surface area contributed by atoms with Gasteiger partial charge in [-0.05, 0) is 51.3 Å². The van der Waals surface area contributed by atoms with Crippen molar-refractivity contribution in [3.8, 4) is 17.9 Å². The zero-order chi connectivity index (χ0) is 33.8. The predicted molar refractivity (Wildman–Crippen MR) is 168 cm³/mol. The van der Waals surface area contributed by atoms with Crippen LogP contribution in [-0.2, 0) is 37.0 Å². The number of hydrogen-bond acceptors (Lipinski definition) is 9. The summed E-state index contributed by atoms with van der Waals surface area (Å²) in [5, 5.41) is 4.36. The van der Waals surface area contributed by atoms with Crippen LogP contribution in [-0.4, -0.2) is 62.7 Å². The Morgan fingerprint density at radius 1 is 1.21 bits per heavy atom. The summed E-state index contributed by atoms with van der Waals surface area (Å²) in [6.45, 7) is 9.01. The normalized spacial score (nSPS) is 22.4. The fourth-order valence-electron chi connectivity index (χ4n) is 7.65. The molecule has 252 valence electrons. The first-order valence-electron chi connectivity index (χ1n) is 15.9. The second-order valence-electron chi connectivity index (χ2n) is 12.9. The topological polar surface area (TPSA) is 112 Å². The summed E-state index contributed by atoms with van der Waals surface area (Å²) in [6.07, 6.45) is -2.30. The smallest absolute Gasteiger partial charge is 0.418 e. The highest BCUT2D eigenvalue weighted by atomic mass is 19.4. The van der Waals surface area contributed by atoms with E-state index < -0.39 is 40.5 Å². The molecule has 2 fully saturated rings. The van der Waals surface area contributed by atoms with Crippen LogP contribution < -0.4 is 15.4 Å². The number of alkyl halides is 3. The number of aldehydes is 1. The number of carbonyl (C=O) groups excluding carboxylic acids is 1. The van der Waals surface area contributed by atoms with Gasteiger partial charge in [0.25, 0.3) is 0 Å². The molecule has 4 aliphatic heterocycles. The van der Waals surface area contributed by atoms with E-state index >= 15 is 4.39 Å². The van der Waals surface area contributed by atoms with Gasteiger partial charge in [-0.15, -0.1) is 5.92 Å². The van der Waals surface area contributed by atoms with E-state index in [-0.39, 0.29) is 24.6 Å². The van der Waals surface area contributed by atoms with Crippen molar-refractivity contribution in [2.24, 2.45) is 0 Å². The van der Waals surface area contributed by atoms with Crippen LogP contribution >= 0.6 is 0 Å². The third-order valence-electron chi connectivity index (χ3n) is 9.71. The Balaban J connectivity index is 1.29. The van der Waals surface area contributed by atoms with E-state index in [1.807, 2.05) is 4.90 Å². The summed E-state index contributed by atoms with van der Waals surface area (Å²) in [4.78, 5) is 25.4. The van der Waals surface area contributed by atoms with Crippen molar-refractivity contribution in [2.75, 3.05) is 36.9 Å². The van der Waals surface area contributed by atoms with Gasteiger partial charge >= 0.3 is 12.2 Å². The predicted octanol–water partition coefficient (Wildman–Crippen LogP) is 4.99. The minimum atomic E-state index is -4.93. The third-order valence-corrected chi connectivity index (χ3v) is 9.71. The zero-order valence-corrected chi connectivity index (χ0v) is 26.5. The number of rotatable bonds is 6. The summed E-state index contributed by atoms with van der Waals surface area (Å²) in [6, 6.07) is 2.71. The van der Waals surface area contributed by atoms with Crippen LogP contribution in [0.1, 0.15) is 82.8 Å². The number of fused-ring (bicyclic) bond motifs is 3. The van der Waals surface area contributed by atoms with Gasteiger partial charge in [-0.3, -0.25) is 14.4 Å². The van der Waals surface area contributed by atoms with Gasteiger partial charge in [-0.1, -0.05) is 18.1 Å². The Hall–Kier alpha value is -4.48. The summed E-state index contributed by atoms with van der Waals surface area (Å²) < 4.78 is 73.3. The van der Waals surface area contributed by atoms with Crippen LogP contribution in [0.25, 0.3) is 0 Å². The van der Waals surface area contributed by atoms with E-state index in [1.54, 1.807) is 10.7 Å². The molecule has 6 heterocycles. The van der Waals surface area contributed by atoms with Gasteiger partial charge in [0.1, 0.15) is 18.1 Å². The van der Waals surface area contributed by atoms with E-state index in [0.717, 1.165) is 49.7 Å². The van der Waals surface area contributed by atoms with E-state index in [9.17, 15) is 18.0 Å². The number of hydrogen-bond donors (Lipinski definition) is 1.